The Labute approximate surface area is 93.8 Å². The Morgan fingerprint density at radius 1 is 1.44 bits per heavy atom. The van der Waals surface area contributed by atoms with E-state index in [1.807, 2.05) is 0 Å². The summed E-state index contributed by atoms with van der Waals surface area (Å²) < 4.78 is 35.5. The molecule has 0 spiro atoms. The molecule has 0 radical (unpaired) electrons. The Hall–Kier alpha value is -0.710. The van der Waals surface area contributed by atoms with Gasteiger partial charge in [0.25, 0.3) is 0 Å². The van der Waals surface area contributed by atoms with Crippen molar-refractivity contribution in [2.24, 2.45) is 0 Å². The monoisotopic (exact) mass is 254 g/mol. The molecule has 0 fully saturated rings. The molecule has 0 aliphatic rings. The van der Waals surface area contributed by atoms with E-state index in [4.69, 9.17) is 5.11 Å². The minimum absolute atomic E-state index is 0.103. The molecule has 0 aromatic rings. The molecule has 1 atom stereocenters. The van der Waals surface area contributed by atoms with E-state index in [1.54, 1.807) is 0 Å². The summed E-state index contributed by atoms with van der Waals surface area (Å²) in [6.45, 7) is 4.16. The van der Waals surface area contributed by atoms with Crippen LogP contribution in [0.5, 0.6) is 0 Å². The van der Waals surface area contributed by atoms with Crippen LogP contribution in [0.4, 0.5) is 4.39 Å². The van der Waals surface area contributed by atoms with Crippen LogP contribution in [-0.2, 0) is 18.4 Å². The lowest BCUT2D eigenvalue weighted by Gasteiger charge is -2.26. The number of allylic oxidation sites excluding steroid dienone is 1. The zero-order chi connectivity index (χ0) is 12.8. The molecule has 0 saturated heterocycles. The molecule has 0 amide bonds. The van der Waals surface area contributed by atoms with Crippen LogP contribution < -0.4 is 0 Å². The second-order valence-corrected chi connectivity index (χ2v) is 4.97. The highest BCUT2D eigenvalue weighted by Crippen LogP contribution is 2.61. The maximum atomic E-state index is 14.1. The zero-order valence-electron chi connectivity index (χ0n) is 9.47. The molecule has 0 rings (SSSR count). The minimum Gasteiger partial charge on any atom is -0.478 e. The highest BCUT2D eigenvalue weighted by atomic mass is 31.2. The van der Waals surface area contributed by atoms with E-state index in [1.165, 1.54) is 20.8 Å². The van der Waals surface area contributed by atoms with E-state index in [0.29, 0.717) is 6.08 Å². The SMILES string of the molecule is C/C=C\C(F)(C(=O)O)P(=O)(OCC)OCC. The quantitative estimate of drug-likeness (QED) is 0.558. The Kier molecular flexibility index (Phi) is 5.86. The molecule has 5 nitrogen and oxygen atoms in total. The van der Waals surface area contributed by atoms with Crippen molar-refractivity contribution in [2.75, 3.05) is 13.2 Å². The average molecular weight is 254 g/mol. The van der Waals surface area contributed by atoms with Crippen molar-refractivity contribution in [3.05, 3.63) is 12.2 Å². The molecule has 0 bridgehead atoms. The van der Waals surface area contributed by atoms with Gasteiger partial charge in [-0.1, -0.05) is 6.08 Å². The van der Waals surface area contributed by atoms with Crippen LogP contribution in [-0.4, -0.2) is 29.7 Å². The first kappa shape index (κ1) is 15.3. The van der Waals surface area contributed by atoms with Gasteiger partial charge < -0.3 is 14.2 Å². The predicted octanol–water partition coefficient (Wildman–Crippen LogP) is 2.58. The molecule has 7 heteroatoms. The van der Waals surface area contributed by atoms with E-state index >= 15 is 0 Å². The first-order valence-corrected chi connectivity index (χ1v) is 6.37. The van der Waals surface area contributed by atoms with Gasteiger partial charge in [0.2, 0.25) is 0 Å². The first-order chi connectivity index (χ1) is 7.38. The van der Waals surface area contributed by atoms with E-state index in [-0.39, 0.29) is 13.2 Å². The molecule has 0 aliphatic heterocycles. The van der Waals surface area contributed by atoms with Gasteiger partial charge in [-0.2, -0.15) is 0 Å². The lowest BCUT2D eigenvalue weighted by atomic mass is 10.3. The third-order valence-electron chi connectivity index (χ3n) is 1.68. The van der Waals surface area contributed by atoms with E-state index in [2.05, 4.69) is 9.05 Å². The molecule has 0 aromatic heterocycles. The van der Waals surface area contributed by atoms with Crippen molar-refractivity contribution in [1.82, 2.24) is 0 Å². The van der Waals surface area contributed by atoms with Gasteiger partial charge in [0.1, 0.15) is 0 Å². The smallest absolute Gasteiger partial charge is 0.383 e. The largest absolute Gasteiger partial charge is 0.478 e. The highest BCUT2D eigenvalue weighted by Gasteiger charge is 2.56. The van der Waals surface area contributed by atoms with Crippen molar-refractivity contribution in [1.29, 1.82) is 0 Å². The second kappa shape index (κ2) is 6.13. The fourth-order valence-electron chi connectivity index (χ4n) is 1.07. The third kappa shape index (κ3) is 2.90. The first-order valence-electron chi connectivity index (χ1n) is 4.83. The molecule has 0 heterocycles. The van der Waals surface area contributed by atoms with E-state index < -0.39 is 19.0 Å². The van der Waals surface area contributed by atoms with E-state index in [9.17, 15) is 13.8 Å². The average Bonchev–Trinajstić information content (AvgIpc) is 2.18. The Bertz CT molecular complexity index is 307. The number of hydrogen-bond donors (Lipinski definition) is 1. The fourth-order valence-corrected chi connectivity index (χ4v) is 2.76. The van der Waals surface area contributed by atoms with E-state index in [0.717, 1.165) is 6.08 Å². The van der Waals surface area contributed by atoms with Crippen molar-refractivity contribution >= 4 is 13.6 Å². The summed E-state index contributed by atoms with van der Waals surface area (Å²) in [6.07, 6.45) is 1.82. The summed E-state index contributed by atoms with van der Waals surface area (Å²) in [5.74, 6) is -1.89. The van der Waals surface area contributed by atoms with Crippen molar-refractivity contribution in [3.63, 3.8) is 0 Å². The molecular weight excluding hydrogens is 238 g/mol. The molecule has 0 saturated carbocycles. The molecule has 16 heavy (non-hydrogen) atoms. The number of aliphatic carboxylic acids is 1. The van der Waals surface area contributed by atoms with Crippen LogP contribution in [0.2, 0.25) is 0 Å². The second-order valence-electron chi connectivity index (χ2n) is 2.81. The summed E-state index contributed by atoms with van der Waals surface area (Å²) >= 11 is 0. The van der Waals surface area contributed by atoms with Gasteiger partial charge >= 0.3 is 19.0 Å². The molecule has 1 unspecified atom stereocenters. The Morgan fingerprint density at radius 3 is 2.12 bits per heavy atom. The van der Waals surface area contributed by atoms with Crippen LogP contribution in [0.15, 0.2) is 12.2 Å². The number of carbonyl (C=O) groups is 1. The van der Waals surface area contributed by atoms with Crippen molar-refractivity contribution in [2.45, 2.75) is 26.2 Å². The zero-order valence-corrected chi connectivity index (χ0v) is 10.4. The minimum atomic E-state index is -4.37. The van der Waals surface area contributed by atoms with Crippen LogP contribution in [0.1, 0.15) is 20.8 Å². The number of carboxylic acids is 1. The van der Waals surface area contributed by atoms with Gasteiger partial charge in [-0.15, -0.1) is 0 Å². The third-order valence-corrected chi connectivity index (χ3v) is 4.02. The molecule has 94 valence electrons. The number of hydrogen-bond acceptors (Lipinski definition) is 4. The molecule has 0 aromatic carbocycles. The van der Waals surface area contributed by atoms with Gasteiger partial charge in [-0.3, -0.25) is 4.57 Å². The highest BCUT2D eigenvalue weighted by molar-refractivity contribution is 7.56. The summed E-state index contributed by atoms with van der Waals surface area (Å²) in [5, 5.41) is 5.65. The molecule has 0 aliphatic carbocycles. The fraction of sp³-hybridized carbons (Fsp3) is 0.667. The lowest BCUT2D eigenvalue weighted by Crippen LogP contribution is -2.33. The van der Waals surface area contributed by atoms with Crippen LogP contribution in [0.25, 0.3) is 0 Å². The number of alkyl halides is 1. The van der Waals surface area contributed by atoms with Gasteiger partial charge in [0, 0.05) is 0 Å². The van der Waals surface area contributed by atoms with Gasteiger partial charge in [0.05, 0.1) is 13.2 Å². The summed E-state index contributed by atoms with van der Waals surface area (Å²) in [6, 6.07) is 0. The van der Waals surface area contributed by atoms with Crippen LogP contribution in [0.3, 0.4) is 0 Å². The van der Waals surface area contributed by atoms with Gasteiger partial charge in [-0.05, 0) is 26.8 Å². The summed E-state index contributed by atoms with van der Waals surface area (Å²) in [5.41, 5.74) is 0. The number of halogens is 1. The Balaban J connectivity index is 5.43. The van der Waals surface area contributed by atoms with Gasteiger partial charge in [0.15, 0.2) is 0 Å². The molecular formula is C9H16FO5P. The number of rotatable bonds is 7. The van der Waals surface area contributed by atoms with Crippen molar-refractivity contribution in [3.8, 4) is 0 Å². The standard InChI is InChI=1S/C9H16FO5P/c1-4-7-9(10,8(11)12)16(13,14-5-2)15-6-3/h4,7H,5-6H2,1-3H3,(H,11,12)/b7-4-. The topological polar surface area (TPSA) is 72.8 Å². The summed E-state index contributed by atoms with van der Waals surface area (Å²) in [7, 11) is -4.37. The summed E-state index contributed by atoms with van der Waals surface area (Å²) in [4.78, 5) is 10.8. The Morgan fingerprint density at radius 2 is 1.88 bits per heavy atom. The number of carboxylic acid groups (broad SMARTS) is 1. The maximum Gasteiger partial charge on any atom is 0.383 e. The van der Waals surface area contributed by atoms with Gasteiger partial charge in [-0.25, -0.2) is 9.18 Å². The molecule has 1 N–H and O–H groups in total. The van der Waals surface area contributed by atoms with Crippen molar-refractivity contribution < 1.29 is 27.9 Å². The lowest BCUT2D eigenvalue weighted by molar-refractivity contribution is -0.144. The maximum absolute atomic E-state index is 14.1. The van der Waals surface area contributed by atoms with Crippen LogP contribution in [0, 0.1) is 0 Å². The normalized spacial score (nSPS) is 16.2. The van der Waals surface area contributed by atoms with Crippen LogP contribution >= 0.6 is 7.60 Å². The predicted molar refractivity (Wildman–Crippen MR) is 57.1 cm³/mol.